The van der Waals surface area contributed by atoms with Crippen LogP contribution in [-0.4, -0.2) is 24.3 Å². The highest BCUT2D eigenvalue weighted by molar-refractivity contribution is 5.50. The zero-order valence-corrected chi connectivity index (χ0v) is 5.93. The zero-order valence-electron chi connectivity index (χ0n) is 5.93. The number of rotatable bonds is 2. The Morgan fingerprint density at radius 2 is 2.56 bits per heavy atom. The van der Waals surface area contributed by atoms with E-state index >= 15 is 0 Å². The molecule has 2 heteroatoms. The van der Waals surface area contributed by atoms with Crippen LogP contribution in [0, 0.1) is 11.3 Å². The highest BCUT2D eigenvalue weighted by atomic mass is 15.1. The van der Waals surface area contributed by atoms with Crippen LogP contribution >= 0.6 is 0 Å². The number of nitrogens with one attached hydrogen (secondary N) is 1. The monoisotopic (exact) mass is 126 g/mol. The molecule has 0 aromatic carbocycles. The van der Waals surface area contributed by atoms with Gasteiger partial charge >= 0.3 is 0 Å². The molecule has 0 radical (unpaired) electrons. The lowest BCUT2D eigenvalue weighted by Gasteiger charge is -2.08. The SMILES string of the molecule is CCC1CCN(C=N)C1. The van der Waals surface area contributed by atoms with Gasteiger partial charge in [-0.25, -0.2) is 0 Å². The molecule has 1 heterocycles. The maximum Gasteiger partial charge on any atom is 0.0817 e. The highest BCUT2D eigenvalue weighted by Gasteiger charge is 2.17. The van der Waals surface area contributed by atoms with Crippen molar-refractivity contribution in [1.29, 1.82) is 5.41 Å². The van der Waals surface area contributed by atoms with E-state index in [1.807, 2.05) is 0 Å². The molecule has 0 spiro atoms. The summed E-state index contributed by atoms with van der Waals surface area (Å²) >= 11 is 0. The minimum atomic E-state index is 0.853. The third-order valence-electron chi connectivity index (χ3n) is 2.08. The fourth-order valence-corrected chi connectivity index (χ4v) is 1.31. The van der Waals surface area contributed by atoms with E-state index in [4.69, 9.17) is 5.41 Å². The van der Waals surface area contributed by atoms with Crippen LogP contribution in [-0.2, 0) is 0 Å². The Hall–Kier alpha value is -0.530. The Bertz CT molecular complexity index is 101. The number of likely N-dealkylation sites (tertiary alicyclic amines) is 1. The first-order valence-corrected chi connectivity index (χ1v) is 3.61. The van der Waals surface area contributed by atoms with Crippen molar-refractivity contribution in [3.63, 3.8) is 0 Å². The lowest BCUT2D eigenvalue weighted by atomic mass is 10.1. The van der Waals surface area contributed by atoms with E-state index in [1.165, 1.54) is 19.2 Å². The summed E-state index contributed by atoms with van der Waals surface area (Å²) in [5, 5.41) is 6.97. The van der Waals surface area contributed by atoms with Gasteiger partial charge in [0.25, 0.3) is 0 Å². The van der Waals surface area contributed by atoms with Crippen LogP contribution in [0.5, 0.6) is 0 Å². The first kappa shape index (κ1) is 6.59. The molecule has 0 amide bonds. The Kier molecular flexibility index (Phi) is 2.09. The molecule has 0 saturated carbocycles. The minimum Gasteiger partial charge on any atom is -0.363 e. The maximum atomic E-state index is 6.97. The van der Waals surface area contributed by atoms with Gasteiger partial charge in [0.15, 0.2) is 0 Å². The molecule has 1 rings (SSSR count). The van der Waals surface area contributed by atoms with Crippen molar-refractivity contribution in [3.05, 3.63) is 0 Å². The van der Waals surface area contributed by atoms with Gasteiger partial charge in [0.2, 0.25) is 0 Å². The van der Waals surface area contributed by atoms with Crippen LogP contribution in [0.3, 0.4) is 0 Å². The Balaban J connectivity index is 2.28. The molecule has 2 nitrogen and oxygen atoms in total. The summed E-state index contributed by atoms with van der Waals surface area (Å²) in [4.78, 5) is 2.08. The lowest BCUT2D eigenvalue weighted by Crippen LogP contribution is -2.17. The number of nitrogens with zero attached hydrogens (tertiary/aromatic N) is 1. The molecule has 0 aromatic heterocycles. The Labute approximate surface area is 56.4 Å². The van der Waals surface area contributed by atoms with Crippen LogP contribution in [0.25, 0.3) is 0 Å². The van der Waals surface area contributed by atoms with E-state index in [-0.39, 0.29) is 0 Å². The molecule has 1 unspecified atom stereocenters. The second-order valence-corrected chi connectivity index (χ2v) is 2.69. The minimum absolute atomic E-state index is 0.853. The first-order chi connectivity index (χ1) is 4.36. The molecule has 1 saturated heterocycles. The molecule has 0 bridgehead atoms. The van der Waals surface area contributed by atoms with E-state index in [0.717, 1.165) is 19.0 Å². The van der Waals surface area contributed by atoms with E-state index in [1.54, 1.807) is 0 Å². The molecular weight excluding hydrogens is 112 g/mol. The molecule has 52 valence electrons. The second-order valence-electron chi connectivity index (χ2n) is 2.69. The van der Waals surface area contributed by atoms with Crippen LogP contribution in [0.15, 0.2) is 0 Å². The average Bonchev–Trinajstić information content (AvgIpc) is 2.34. The summed E-state index contributed by atoms with van der Waals surface area (Å²) in [6, 6.07) is 0. The number of hydrogen-bond donors (Lipinski definition) is 1. The second kappa shape index (κ2) is 2.85. The summed E-state index contributed by atoms with van der Waals surface area (Å²) in [6.07, 6.45) is 4.01. The maximum absolute atomic E-state index is 6.97. The third kappa shape index (κ3) is 1.44. The predicted octanol–water partition coefficient (Wildman–Crippen LogP) is 1.33. The zero-order chi connectivity index (χ0) is 6.69. The molecule has 1 fully saturated rings. The van der Waals surface area contributed by atoms with E-state index < -0.39 is 0 Å². The van der Waals surface area contributed by atoms with Crippen molar-refractivity contribution in [2.75, 3.05) is 13.1 Å². The Morgan fingerprint density at radius 1 is 1.78 bits per heavy atom. The van der Waals surface area contributed by atoms with Crippen molar-refractivity contribution in [1.82, 2.24) is 4.90 Å². The molecule has 1 N–H and O–H groups in total. The summed E-state index contributed by atoms with van der Waals surface area (Å²) in [6.45, 7) is 4.43. The first-order valence-electron chi connectivity index (χ1n) is 3.61. The van der Waals surface area contributed by atoms with E-state index in [2.05, 4.69) is 11.8 Å². The van der Waals surface area contributed by atoms with Crippen LogP contribution in [0.2, 0.25) is 0 Å². The molecule has 1 aliphatic rings. The van der Waals surface area contributed by atoms with Crippen LogP contribution < -0.4 is 0 Å². The van der Waals surface area contributed by atoms with E-state index in [9.17, 15) is 0 Å². The van der Waals surface area contributed by atoms with Crippen molar-refractivity contribution in [2.45, 2.75) is 19.8 Å². The standard InChI is InChI=1S/C7H14N2/c1-2-7-3-4-9(5-7)6-8/h6-8H,2-5H2,1H3. The average molecular weight is 126 g/mol. The van der Waals surface area contributed by atoms with Gasteiger partial charge < -0.3 is 4.90 Å². The molecule has 1 atom stereocenters. The van der Waals surface area contributed by atoms with Crippen molar-refractivity contribution >= 4 is 6.34 Å². The summed E-state index contributed by atoms with van der Waals surface area (Å²) < 4.78 is 0. The molecule has 0 aromatic rings. The number of hydrogen-bond acceptors (Lipinski definition) is 1. The highest BCUT2D eigenvalue weighted by Crippen LogP contribution is 2.16. The fourth-order valence-electron chi connectivity index (χ4n) is 1.31. The van der Waals surface area contributed by atoms with Gasteiger partial charge in [-0.2, -0.15) is 0 Å². The van der Waals surface area contributed by atoms with Gasteiger partial charge in [-0.05, 0) is 12.3 Å². The van der Waals surface area contributed by atoms with Crippen LogP contribution in [0.1, 0.15) is 19.8 Å². The summed E-state index contributed by atoms with van der Waals surface area (Å²) in [7, 11) is 0. The van der Waals surface area contributed by atoms with Crippen molar-refractivity contribution in [2.24, 2.45) is 5.92 Å². The molecule has 1 aliphatic heterocycles. The fraction of sp³-hybridized carbons (Fsp3) is 0.857. The predicted molar refractivity (Wildman–Crippen MR) is 38.8 cm³/mol. The molecule has 0 aliphatic carbocycles. The quantitative estimate of drug-likeness (QED) is 0.438. The normalized spacial score (nSPS) is 26.8. The van der Waals surface area contributed by atoms with Crippen LogP contribution in [0.4, 0.5) is 0 Å². The smallest absolute Gasteiger partial charge is 0.0817 e. The molecular formula is C7H14N2. The van der Waals surface area contributed by atoms with E-state index in [0.29, 0.717) is 0 Å². The van der Waals surface area contributed by atoms with Gasteiger partial charge in [-0.3, -0.25) is 5.41 Å². The van der Waals surface area contributed by atoms with Gasteiger partial charge in [0.1, 0.15) is 0 Å². The topological polar surface area (TPSA) is 27.1 Å². The van der Waals surface area contributed by atoms with Crippen molar-refractivity contribution in [3.8, 4) is 0 Å². The van der Waals surface area contributed by atoms with Crippen molar-refractivity contribution < 1.29 is 0 Å². The van der Waals surface area contributed by atoms with Gasteiger partial charge in [-0.1, -0.05) is 13.3 Å². The summed E-state index contributed by atoms with van der Waals surface area (Å²) in [5.41, 5.74) is 0. The molecule has 9 heavy (non-hydrogen) atoms. The van der Waals surface area contributed by atoms with Gasteiger partial charge in [-0.15, -0.1) is 0 Å². The van der Waals surface area contributed by atoms with Gasteiger partial charge in [0.05, 0.1) is 6.34 Å². The largest absolute Gasteiger partial charge is 0.363 e. The summed E-state index contributed by atoms with van der Waals surface area (Å²) in [5.74, 6) is 0.853. The third-order valence-corrected chi connectivity index (χ3v) is 2.08. The Morgan fingerprint density at radius 3 is 2.89 bits per heavy atom. The lowest BCUT2D eigenvalue weighted by molar-refractivity contribution is 0.481. The van der Waals surface area contributed by atoms with Gasteiger partial charge in [0, 0.05) is 13.1 Å².